The zero-order valence-corrected chi connectivity index (χ0v) is 17.6. The molecular formula is C18H27N3O5S2. The van der Waals surface area contributed by atoms with E-state index in [0.29, 0.717) is 18.9 Å². The summed E-state index contributed by atoms with van der Waals surface area (Å²) in [4.78, 5) is 0.0273. The maximum atomic E-state index is 13.2. The maximum absolute atomic E-state index is 13.2. The molecule has 1 saturated heterocycles. The SMILES string of the molecule is CN1C(C2CCCCC2)Nc2ccc(S(=O)(=O)N3CCOCC3)cc2S1(=O)=O. The predicted octanol–water partition coefficient (Wildman–Crippen LogP) is 1.66. The van der Waals surface area contributed by atoms with E-state index in [1.807, 2.05) is 0 Å². The molecule has 28 heavy (non-hydrogen) atoms. The zero-order chi connectivity index (χ0) is 19.9. The number of sulfonamides is 2. The molecule has 1 atom stereocenters. The van der Waals surface area contributed by atoms with Gasteiger partial charge < -0.3 is 10.1 Å². The highest BCUT2D eigenvalue weighted by Gasteiger charge is 2.40. The first kappa shape index (κ1) is 20.1. The standard InChI is InChI=1S/C18H27N3O5S2/c1-20-18(14-5-3-2-4-6-14)19-16-8-7-15(13-17(16)28(20,24)25)27(22,23)21-9-11-26-12-10-21/h7-8,13-14,18-19H,2-6,9-12H2,1H3. The van der Waals surface area contributed by atoms with Gasteiger partial charge in [0, 0.05) is 20.1 Å². The van der Waals surface area contributed by atoms with E-state index in [2.05, 4.69) is 5.32 Å². The van der Waals surface area contributed by atoms with Gasteiger partial charge in [-0.2, -0.15) is 8.61 Å². The molecule has 0 spiro atoms. The van der Waals surface area contributed by atoms with Gasteiger partial charge in [0.25, 0.3) is 0 Å². The average Bonchev–Trinajstić information content (AvgIpc) is 2.72. The Hall–Kier alpha value is -1.20. The molecule has 0 amide bonds. The number of nitrogens with zero attached hydrogens (tertiary/aromatic N) is 2. The van der Waals surface area contributed by atoms with Gasteiger partial charge in [-0.3, -0.25) is 0 Å². The second-order valence-electron chi connectivity index (χ2n) is 7.68. The van der Waals surface area contributed by atoms with Crippen molar-refractivity contribution in [2.24, 2.45) is 5.92 Å². The van der Waals surface area contributed by atoms with Gasteiger partial charge in [-0.25, -0.2) is 16.8 Å². The molecule has 1 N–H and O–H groups in total. The van der Waals surface area contributed by atoms with E-state index in [9.17, 15) is 16.8 Å². The summed E-state index contributed by atoms with van der Waals surface area (Å²) >= 11 is 0. The van der Waals surface area contributed by atoms with Crippen LogP contribution in [0.5, 0.6) is 0 Å². The Labute approximate surface area is 166 Å². The molecule has 1 aliphatic carbocycles. The van der Waals surface area contributed by atoms with Crippen molar-refractivity contribution in [1.29, 1.82) is 0 Å². The molecule has 4 rings (SSSR count). The summed E-state index contributed by atoms with van der Waals surface area (Å²) in [7, 11) is -5.95. The van der Waals surface area contributed by atoms with E-state index >= 15 is 0 Å². The molecule has 1 saturated carbocycles. The third-order valence-corrected chi connectivity index (χ3v) is 9.78. The second kappa shape index (κ2) is 7.56. The summed E-state index contributed by atoms with van der Waals surface area (Å²) in [6, 6.07) is 4.37. The fraction of sp³-hybridized carbons (Fsp3) is 0.667. The van der Waals surface area contributed by atoms with Crippen molar-refractivity contribution in [3.05, 3.63) is 18.2 Å². The first-order chi connectivity index (χ1) is 13.3. The van der Waals surface area contributed by atoms with Gasteiger partial charge in [-0.05, 0) is 37.0 Å². The van der Waals surface area contributed by atoms with Crippen LogP contribution in [0.15, 0.2) is 28.0 Å². The third kappa shape index (κ3) is 3.45. The van der Waals surface area contributed by atoms with Gasteiger partial charge in [-0.15, -0.1) is 0 Å². The number of benzene rings is 1. The number of anilines is 1. The Balaban J connectivity index is 1.68. The summed E-state index contributed by atoms with van der Waals surface area (Å²) in [6.07, 6.45) is 5.12. The van der Waals surface area contributed by atoms with Crippen molar-refractivity contribution in [1.82, 2.24) is 8.61 Å². The van der Waals surface area contributed by atoms with E-state index in [0.717, 1.165) is 25.7 Å². The summed E-state index contributed by atoms with van der Waals surface area (Å²) in [5.74, 6) is 0.262. The smallest absolute Gasteiger partial charge is 0.246 e. The minimum Gasteiger partial charge on any atom is -0.379 e. The molecule has 2 heterocycles. The highest BCUT2D eigenvalue weighted by Crippen LogP contribution is 2.38. The van der Waals surface area contributed by atoms with Gasteiger partial charge in [0.1, 0.15) is 4.90 Å². The van der Waals surface area contributed by atoms with Crippen LogP contribution in [0.25, 0.3) is 0 Å². The van der Waals surface area contributed by atoms with Crippen LogP contribution in [0.1, 0.15) is 32.1 Å². The summed E-state index contributed by atoms with van der Waals surface area (Å²) < 4.78 is 60.1. The van der Waals surface area contributed by atoms with Crippen LogP contribution in [0.4, 0.5) is 5.69 Å². The van der Waals surface area contributed by atoms with Gasteiger partial charge in [0.15, 0.2) is 0 Å². The van der Waals surface area contributed by atoms with Crippen LogP contribution >= 0.6 is 0 Å². The van der Waals surface area contributed by atoms with Crippen LogP contribution in [-0.2, 0) is 24.8 Å². The summed E-state index contributed by atoms with van der Waals surface area (Å²) in [6.45, 7) is 1.23. The Morgan fingerprint density at radius 1 is 1.11 bits per heavy atom. The highest BCUT2D eigenvalue weighted by molar-refractivity contribution is 7.90. The van der Waals surface area contributed by atoms with E-state index in [-0.39, 0.29) is 35.0 Å². The van der Waals surface area contributed by atoms with E-state index in [1.54, 1.807) is 13.1 Å². The first-order valence-corrected chi connectivity index (χ1v) is 12.7. The van der Waals surface area contributed by atoms with Crippen molar-refractivity contribution in [2.75, 3.05) is 38.7 Å². The number of rotatable bonds is 3. The van der Waals surface area contributed by atoms with Gasteiger partial charge >= 0.3 is 0 Å². The number of morpholine rings is 1. The number of fused-ring (bicyclic) bond motifs is 1. The number of hydrogen-bond donors (Lipinski definition) is 1. The molecule has 0 bridgehead atoms. The lowest BCUT2D eigenvalue weighted by atomic mass is 9.87. The third-order valence-electron chi connectivity index (χ3n) is 6.01. The van der Waals surface area contributed by atoms with Crippen molar-refractivity contribution in [3.63, 3.8) is 0 Å². The molecule has 2 aliphatic heterocycles. The normalized spacial score (nSPS) is 27.1. The van der Waals surface area contributed by atoms with Crippen LogP contribution in [0, 0.1) is 5.92 Å². The molecule has 8 nitrogen and oxygen atoms in total. The van der Waals surface area contributed by atoms with E-state index < -0.39 is 20.0 Å². The van der Waals surface area contributed by atoms with Crippen molar-refractivity contribution in [2.45, 2.75) is 48.1 Å². The van der Waals surface area contributed by atoms with Crippen LogP contribution in [0.3, 0.4) is 0 Å². The molecule has 2 fully saturated rings. The van der Waals surface area contributed by atoms with E-state index in [1.165, 1.54) is 27.2 Å². The van der Waals surface area contributed by atoms with Gasteiger partial charge in [0.05, 0.1) is 30.0 Å². The van der Waals surface area contributed by atoms with Crippen molar-refractivity contribution >= 4 is 25.7 Å². The number of ether oxygens (including phenoxy) is 1. The van der Waals surface area contributed by atoms with E-state index in [4.69, 9.17) is 4.74 Å². The molecule has 10 heteroatoms. The topological polar surface area (TPSA) is 96.0 Å². The molecule has 0 aromatic heterocycles. The summed E-state index contributed by atoms with van der Waals surface area (Å²) in [5, 5.41) is 3.35. The summed E-state index contributed by atoms with van der Waals surface area (Å²) in [5.41, 5.74) is 0.481. The first-order valence-electron chi connectivity index (χ1n) is 9.78. The van der Waals surface area contributed by atoms with Crippen LogP contribution in [0.2, 0.25) is 0 Å². The number of nitrogens with one attached hydrogen (secondary N) is 1. The fourth-order valence-electron chi connectivity index (χ4n) is 4.35. The molecule has 0 radical (unpaired) electrons. The van der Waals surface area contributed by atoms with Gasteiger partial charge in [-0.1, -0.05) is 19.3 Å². The lowest BCUT2D eigenvalue weighted by molar-refractivity contribution is 0.0730. The van der Waals surface area contributed by atoms with Crippen molar-refractivity contribution in [3.8, 4) is 0 Å². The van der Waals surface area contributed by atoms with Crippen LogP contribution in [-0.4, -0.2) is 65.0 Å². The van der Waals surface area contributed by atoms with Crippen molar-refractivity contribution < 1.29 is 21.6 Å². The minimum absolute atomic E-state index is 0.00282. The minimum atomic E-state index is -3.77. The number of hydrogen-bond acceptors (Lipinski definition) is 6. The Bertz CT molecular complexity index is 936. The molecule has 1 aromatic carbocycles. The monoisotopic (exact) mass is 429 g/mol. The fourth-order valence-corrected chi connectivity index (χ4v) is 7.38. The van der Waals surface area contributed by atoms with Crippen LogP contribution < -0.4 is 5.32 Å². The predicted molar refractivity (Wildman–Crippen MR) is 105 cm³/mol. The Kier molecular flexibility index (Phi) is 5.43. The molecule has 1 unspecified atom stereocenters. The Morgan fingerprint density at radius 2 is 1.79 bits per heavy atom. The second-order valence-corrected chi connectivity index (χ2v) is 11.6. The maximum Gasteiger partial charge on any atom is 0.246 e. The zero-order valence-electron chi connectivity index (χ0n) is 16.0. The average molecular weight is 430 g/mol. The largest absolute Gasteiger partial charge is 0.379 e. The quantitative estimate of drug-likeness (QED) is 0.785. The molecular weight excluding hydrogens is 402 g/mol. The lowest BCUT2D eigenvalue weighted by Crippen LogP contribution is -2.50. The molecule has 156 valence electrons. The highest BCUT2D eigenvalue weighted by atomic mass is 32.2. The Morgan fingerprint density at radius 3 is 2.46 bits per heavy atom. The molecule has 1 aromatic rings. The lowest BCUT2D eigenvalue weighted by Gasteiger charge is -2.40. The molecule has 3 aliphatic rings. The van der Waals surface area contributed by atoms with Gasteiger partial charge in [0.2, 0.25) is 20.0 Å².